The lowest BCUT2D eigenvalue weighted by Gasteiger charge is -2.40. The molecule has 6 atom stereocenters. The van der Waals surface area contributed by atoms with Crippen LogP contribution in [-0.2, 0) is 24.7 Å². The van der Waals surface area contributed by atoms with Crippen LogP contribution in [0.1, 0.15) is 83.4 Å². The smallest absolute Gasteiger partial charge is 0.0505 e. The van der Waals surface area contributed by atoms with Gasteiger partial charge in [-0.15, -0.1) is 0 Å². The van der Waals surface area contributed by atoms with Crippen LogP contribution in [0.15, 0.2) is 164 Å². The molecule has 288 valence electrons. The summed E-state index contributed by atoms with van der Waals surface area (Å²) in [6, 6.07) is 62.9. The van der Waals surface area contributed by atoms with E-state index in [0.29, 0.717) is 17.8 Å². The number of nitrogens with zero attached hydrogens (tertiary/aromatic N) is 2. The summed E-state index contributed by atoms with van der Waals surface area (Å²) >= 11 is 0. The van der Waals surface area contributed by atoms with E-state index in [9.17, 15) is 0 Å². The molecular weight excluding hydrogens is 713 g/mol. The first kappa shape index (κ1) is 34.0. The van der Waals surface area contributed by atoms with Crippen LogP contribution in [-0.4, -0.2) is 0 Å². The summed E-state index contributed by atoms with van der Waals surface area (Å²) < 4.78 is 0. The van der Waals surface area contributed by atoms with Gasteiger partial charge in [-0.05, 0) is 186 Å². The fraction of sp³-hybridized carbons (Fsp3) is 0.263. The third kappa shape index (κ3) is 4.93. The van der Waals surface area contributed by atoms with Gasteiger partial charge in [-0.2, -0.15) is 0 Å². The number of rotatable bonds is 7. The first-order valence-corrected chi connectivity index (χ1v) is 22.5. The molecule has 3 fully saturated rings. The molecule has 2 heteroatoms. The Morgan fingerprint density at radius 1 is 0.424 bits per heavy atom. The van der Waals surface area contributed by atoms with Crippen LogP contribution in [0.4, 0.5) is 34.1 Å². The molecule has 13 rings (SSSR count). The lowest BCUT2D eigenvalue weighted by Crippen LogP contribution is -2.34. The molecule has 59 heavy (non-hydrogen) atoms. The molecule has 0 aromatic heterocycles. The fourth-order valence-electron chi connectivity index (χ4n) is 13.9. The van der Waals surface area contributed by atoms with Crippen molar-refractivity contribution in [1.29, 1.82) is 0 Å². The predicted molar refractivity (Wildman–Crippen MR) is 243 cm³/mol. The van der Waals surface area contributed by atoms with Gasteiger partial charge in [0.05, 0.1) is 11.4 Å². The molecule has 0 radical (unpaired) electrons. The third-order valence-corrected chi connectivity index (χ3v) is 16.0. The van der Waals surface area contributed by atoms with E-state index < -0.39 is 0 Å². The number of anilines is 6. The van der Waals surface area contributed by atoms with E-state index in [0.717, 1.165) is 31.1 Å². The molecule has 0 aliphatic heterocycles. The molecule has 6 aliphatic carbocycles. The van der Waals surface area contributed by atoms with Gasteiger partial charge in [0, 0.05) is 28.2 Å². The maximum Gasteiger partial charge on any atom is 0.0505 e. The van der Waals surface area contributed by atoms with Gasteiger partial charge in [0.25, 0.3) is 0 Å². The topological polar surface area (TPSA) is 6.48 Å². The minimum atomic E-state index is -0.0771. The Bertz CT molecular complexity index is 2720. The summed E-state index contributed by atoms with van der Waals surface area (Å²) in [7, 11) is 0. The van der Waals surface area contributed by atoms with Crippen molar-refractivity contribution < 1.29 is 0 Å². The quantitative estimate of drug-likeness (QED) is 0.160. The number of hydrogen-bond acceptors (Lipinski definition) is 2. The standard InChI is InChI=1S/C57H50N2/c1-3-16-45(17-4-1)58(46-18-5-2-6-19-46)53-23-11-14-40-34-43-27-28-44-35-41-15-12-24-54(56(41)57(43,44)55(40)53)59(47-29-30-49-42(36-47)33-38-13-7-8-20-48(38)49)52-22-10-9-21-50(52)51-32-37-25-26-39(51)31-37/h1-24,29-30,36-37,39,43-44,51H,25-28,31-35H2. The summed E-state index contributed by atoms with van der Waals surface area (Å²) in [5.74, 6) is 3.44. The van der Waals surface area contributed by atoms with E-state index in [1.165, 1.54) is 94.9 Å². The summed E-state index contributed by atoms with van der Waals surface area (Å²) in [6.07, 6.45) is 11.4. The molecule has 3 saturated carbocycles. The van der Waals surface area contributed by atoms with Crippen molar-refractivity contribution in [3.63, 3.8) is 0 Å². The van der Waals surface area contributed by atoms with Gasteiger partial charge in [0.15, 0.2) is 0 Å². The van der Waals surface area contributed by atoms with Crippen LogP contribution in [0.25, 0.3) is 11.1 Å². The zero-order chi connectivity index (χ0) is 38.7. The predicted octanol–water partition coefficient (Wildman–Crippen LogP) is 14.5. The van der Waals surface area contributed by atoms with E-state index in [1.807, 2.05) is 0 Å². The second-order valence-electron chi connectivity index (χ2n) is 18.7. The summed E-state index contributed by atoms with van der Waals surface area (Å²) in [5, 5.41) is 0. The Morgan fingerprint density at radius 3 is 1.69 bits per heavy atom. The maximum atomic E-state index is 2.77. The molecule has 7 aromatic carbocycles. The zero-order valence-corrected chi connectivity index (χ0v) is 33.7. The molecule has 0 saturated heterocycles. The monoisotopic (exact) mass is 762 g/mol. The van der Waals surface area contributed by atoms with Crippen LogP contribution >= 0.6 is 0 Å². The Hall–Kier alpha value is -5.86. The van der Waals surface area contributed by atoms with Crippen molar-refractivity contribution in [1.82, 2.24) is 0 Å². The average Bonchev–Trinajstić information content (AvgIpc) is 4.15. The van der Waals surface area contributed by atoms with Gasteiger partial charge < -0.3 is 9.80 Å². The Labute approximate surface area is 349 Å². The van der Waals surface area contributed by atoms with E-state index in [2.05, 4.69) is 174 Å². The molecule has 1 spiro atoms. The van der Waals surface area contributed by atoms with Crippen molar-refractivity contribution in [2.45, 2.75) is 69.1 Å². The lowest BCUT2D eigenvalue weighted by atomic mass is 9.68. The van der Waals surface area contributed by atoms with E-state index in [-0.39, 0.29) is 5.41 Å². The van der Waals surface area contributed by atoms with Crippen LogP contribution in [0.5, 0.6) is 0 Å². The zero-order valence-electron chi connectivity index (χ0n) is 33.7. The second-order valence-corrected chi connectivity index (χ2v) is 18.7. The highest BCUT2D eigenvalue weighted by atomic mass is 15.2. The fourth-order valence-corrected chi connectivity index (χ4v) is 13.9. The van der Waals surface area contributed by atoms with Gasteiger partial charge in [-0.1, -0.05) is 116 Å². The lowest BCUT2D eigenvalue weighted by molar-refractivity contribution is 0.350. The highest BCUT2D eigenvalue weighted by Crippen LogP contribution is 2.69. The van der Waals surface area contributed by atoms with Crippen molar-refractivity contribution in [3.05, 3.63) is 203 Å². The van der Waals surface area contributed by atoms with Crippen LogP contribution in [0, 0.1) is 23.7 Å². The SMILES string of the molecule is c1ccc(N(c2ccccc2)c2cccc3c2C24c5c(cccc5N(c5ccc6c(c5)Cc5ccccc5-6)c5ccccc5C5CC6CCC5C6)CC2CCC4C3)cc1. The van der Waals surface area contributed by atoms with Crippen molar-refractivity contribution in [3.8, 4) is 11.1 Å². The minimum Gasteiger partial charge on any atom is -0.310 e. The van der Waals surface area contributed by atoms with Crippen LogP contribution in [0.2, 0.25) is 0 Å². The van der Waals surface area contributed by atoms with Gasteiger partial charge >= 0.3 is 0 Å². The van der Waals surface area contributed by atoms with E-state index in [4.69, 9.17) is 0 Å². The largest absolute Gasteiger partial charge is 0.310 e. The van der Waals surface area contributed by atoms with E-state index >= 15 is 0 Å². The number of para-hydroxylation sites is 3. The number of hydrogen-bond donors (Lipinski definition) is 0. The average molecular weight is 763 g/mol. The number of fused-ring (bicyclic) bond motifs is 7. The highest BCUT2D eigenvalue weighted by Gasteiger charge is 2.62. The molecular formula is C57H50N2. The van der Waals surface area contributed by atoms with Crippen molar-refractivity contribution >= 4 is 34.1 Å². The summed E-state index contributed by atoms with van der Waals surface area (Å²) in [5.41, 5.74) is 21.3. The van der Waals surface area contributed by atoms with Crippen LogP contribution in [0.3, 0.4) is 0 Å². The Balaban J connectivity index is 1.06. The molecule has 2 nitrogen and oxygen atoms in total. The molecule has 0 heterocycles. The Kier molecular flexibility index (Phi) is 7.54. The second kappa shape index (κ2) is 13.1. The number of benzene rings is 7. The molecule has 6 unspecified atom stereocenters. The van der Waals surface area contributed by atoms with Gasteiger partial charge in [-0.25, -0.2) is 0 Å². The molecule has 2 bridgehead atoms. The third-order valence-electron chi connectivity index (χ3n) is 16.0. The van der Waals surface area contributed by atoms with Gasteiger partial charge in [0.1, 0.15) is 0 Å². The van der Waals surface area contributed by atoms with Gasteiger partial charge in [0.2, 0.25) is 0 Å². The van der Waals surface area contributed by atoms with E-state index in [1.54, 1.807) is 27.8 Å². The maximum absolute atomic E-state index is 2.77. The molecule has 0 amide bonds. The highest BCUT2D eigenvalue weighted by molar-refractivity contribution is 5.89. The van der Waals surface area contributed by atoms with Crippen molar-refractivity contribution in [2.24, 2.45) is 23.7 Å². The molecule has 0 N–H and O–H groups in total. The summed E-state index contributed by atoms with van der Waals surface area (Å²) in [4.78, 5) is 5.33. The minimum absolute atomic E-state index is 0.0771. The van der Waals surface area contributed by atoms with Crippen LogP contribution < -0.4 is 9.80 Å². The molecule has 6 aliphatic rings. The Morgan fingerprint density at radius 2 is 1.02 bits per heavy atom. The van der Waals surface area contributed by atoms with Crippen molar-refractivity contribution in [2.75, 3.05) is 9.80 Å². The first-order chi connectivity index (χ1) is 29.2. The van der Waals surface area contributed by atoms with Gasteiger partial charge in [-0.3, -0.25) is 0 Å². The summed E-state index contributed by atoms with van der Waals surface area (Å²) in [6.45, 7) is 0. The normalized spacial score (nSPS) is 24.9. The molecule has 7 aromatic rings. The first-order valence-electron chi connectivity index (χ1n) is 22.5.